The van der Waals surface area contributed by atoms with Crippen LogP contribution in [0.3, 0.4) is 0 Å². The number of nitrogens with zero attached hydrogens (tertiary/aromatic N) is 3. The monoisotopic (exact) mass is 431 g/mol. The fraction of sp³-hybridized carbons (Fsp3) is 0.231. The van der Waals surface area contributed by atoms with E-state index in [0.29, 0.717) is 5.56 Å². The zero-order valence-corrected chi connectivity index (χ0v) is 19.1. The fourth-order valence-electron chi connectivity index (χ4n) is 3.45. The van der Waals surface area contributed by atoms with Crippen LogP contribution in [0.1, 0.15) is 31.4 Å². The van der Waals surface area contributed by atoms with Crippen LogP contribution in [0.15, 0.2) is 66.1 Å². The molecule has 0 saturated heterocycles. The molecular formula is C26H26FN3S. The number of halogens is 1. The van der Waals surface area contributed by atoms with Crippen LogP contribution in [0.5, 0.6) is 0 Å². The van der Waals surface area contributed by atoms with Crippen molar-refractivity contribution in [3.05, 3.63) is 72.4 Å². The quantitative estimate of drug-likeness (QED) is 0.228. The van der Waals surface area contributed by atoms with Gasteiger partial charge in [0.25, 0.3) is 0 Å². The summed E-state index contributed by atoms with van der Waals surface area (Å²) >= 11 is 1.63. The molecule has 1 atom stereocenters. The summed E-state index contributed by atoms with van der Waals surface area (Å²) in [6, 6.07) is 6.06. The zero-order chi connectivity index (χ0) is 22.5. The summed E-state index contributed by atoms with van der Waals surface area (Å²) in [7, 11) is 0. The second kappa shape index (κ2) is 9.80. The number of pyridine rings is 2. The van der Waals surface area contributed by atoms with E-state index in [1.54, 1.807) is 17.8 Å². The molecule has 3 nitrogen and oxygen atoms in total. The number of hydrogen-bond donors (Lipinski definition) is 0. The van der Waals surface area contributed by atoms with Crippen molar-refractivity contribution in [2.24, 2.45) is 5.92 Å². The van der Waals surface area contributed by atoms with Crippen molar-refractivity contribution in [2.45, 2.75) is 32.1 Å². The van der Waals surface area contributed by atoms with Gasteiger partial charge in [-0.05, 0) is 67.5 Å². The standard InChI is InChI=1S/C26H26FN3S/c1-7-18(5)23(13-10-19(27)8-2)30-24-14-17(4)15-29-25(24)21(9-3)26(30)22-12-11-20(31-6)16-28-22/h3,8,10-16,18H,2,7H2,1,4-6H3/b19-10+,23-13+. The molecule has 0 spiro atoms. The van der Waals surface area contributed by atoms with Crippen LogP contribution in [0, 0.1) is 25.2 Å². The molecule has 0 saturated carbocycles. The van der Waals surface area contributed by atoms with E-state index in [9.17, 15) is 4.39 Å². The number of fused-ring (bicyclic) bond motifs is 1. The van der Waals surface area contributed by atoms with Gasteiger partial charge in [0.1, 0.15) is 11.3 Å². The fourth-order valence-corrected chi connectivity index (χ4v) is 3.81. The Morgan fingerprint density at radius 3 is 2.68 bits per heavy atom. The lowest BCUT2D eigenvalue weighted by molar-refractivity contribution is 0.665. The number of allylic oxidation sites excluding steroid dienone is 5. The second-order valence-electron chi connectivity index (χ2n) is 7.32. The van der Waals surface area contributed by atoms with Crippen molar-refractivity contribution >= 4 is 28.5 Å². The summed E-state index contributed by atoms with van der Waals surface area (Å²) in [6.45, 7) is 9.72. The molecular weight excluding hydrogens is 405 g/mol. The number of hydrogen-bond acceptors (Lipinski definition) is 3. The highest BCUT2D eigenvalue weighted by atomic mass is 32.2. The van der Waals surface area contributed by atoms with E-state index in [1.165, 1.54) is 12.2 Å². The average Bonchev–Trinajstić information content (AvgIpc) is 3.11. The van der Waals surface area contributed by atoms with Gasteiger partial charge in [-0.25, -0.2) is 4.39 Å². The highest BCUT2D eigenvalue weighted by molar-refractivity contribution is 7.98. The van der Waals surface area contributed by atoms with E-state index in [4.69, 9.17) is 6.42 Å². The number of rotatable bonds is 7. The zero-order valence-electron chi connectivity index (χ0n) is 18.3. The molecule has 3 aromatic heterocycles. The topological polar surface area (TPSA) is 30.7 Å². The summed E-state index contributed by atoms with van der Waals surface area (Å²) in [5, 5.41) is 0. The maximum atomic E-state index is 14.0. The van der Waals surface area contributed by atoms with Crippen LogP contribution in [0.25, 0.3) is 28.1 Å². The van der Waals surface area contributed by atoms with Crippen molar-refractivity contribution in [1.29, 1.82) is 0 Å². The first-order chi connectivity index (χ1) is 14.9. The molecule has 0 aliphatic heterocycles. The molecule has 0 aliphatic rings. The van der Waals surface area contributed by atoms with Crippen molar-refractivity contribution in [1.82, 2.24) is 14.5 Å². The molecule has 31 heavy (non-hydrogen) atoms. The minimum atomic E-state index is -0.396. The molecule has 3 aromatic rings. The molecule has 0 N–H and O–H groups in total. The van der Waals surface area contributed by atoms with E-state index >= 15 is 0 Å². The Balaban J connectivity index is 2.45. The highest BCUT2D eigenvalue weighted by Crippen LogP contribution is 2.37. The van der Waals surface area contributed by atoms with Gasteiger partial charge in [0, 0.05) is 23.0 Å². The van der Waals surface area contributed by atoms with E-state index in [-0.39, 0.29) is 5.92 Å². The Labute approximate surface area is 187 Å². The Hall–Kier alpha value is -3.10. The average molecular weight is 432 g/mol. The lowest BCUT2D eigenvalue weighted by atomic mass is 10.0. The third-order valence-corrected chi connectivity index (χ3v) is 6.00. The lowest BCUT2D eigenvalue weighted by Gasteiger charge is -2.20. The van der Waals surface area contributed by atoms with Crippen molar-refractivity contribution in [3.8, 4) is 23.7 Å². The molecule has 0 amide bonds. The number of aromatic nitrogens is 3. The SMILES string of the molecule is C#Cc1c(-c2ccc(SC)cn2)n(/C(=C/C=C(/F)C=C)C(C)CC)c2cc(C)cnc12. The molecule has 0 bridgehead atoms. The predicted molar refractivity (Wildman–Crippen MR) is 131 cm³/mol. The third-order valence-electron chi connectivity index (χ3n) is 5.29. The smallest absolute Gasteiger partial charge is 0.122 e. The normalized spacial score (nSPS) is 13.3. The Kier molecular flexibility index (Phi) is 7.14. The van der Waals surface area contributed by atoms with Crippen LogP contribution in [-0.2, 0) is 0 Å². The highest BCUT2D eigenvalue weighted by Gasteiger charge is 2.24. The van der Waals surface area contributed by atoms with Gasteiger partial charge in [-0.15, -0.1) is 18.2 Å². The van der Waals surface area contributed by atoms with Crippen molar-refractivity contribution in [3.63, 3.8) is 0 Å². The Morgan fingerprint density at radius 2 is 2.10 bits per heavy atom. The first-order valence-electron chi connectivity index (χ1n) is 10.1. The van der Waals surface area contributed by atoms with Crippen LogP contribution >= 0.6 is 11.8 Å². The van der Waals surface area contributed by atoms with Crippen LogP contribution in [0.2, 0.25) is 0 Å². The largest absolute Gasteiger partial charge is 0.308 e. The number of aryl methyl sites for hydroxylation is 1. The summed E-state index contributed by atoms with van der Waals surface area (Å²) in [5.41, 5.74) is 5.79. The van der Waals surface area contributed by atoms with Gasteiger partial charge in [-0.2, -0.15) is 0 Å². The minimum absolute atomic E-state index is 0.139. The first kappa shape index (κ1) is 22.6. The summed E-state index contributed by atoms with van der Waals surface area (Å²) in [6.07, 6.45) is 16.9. The molecule has 0 radical (unpaired) electrons. The molecule has 1 unspecified atom stereocenters. The molecule has 0 fully saturated rings. The minimum Gasteiger partial charge on any atom is -0.308 e. The molecule has 3 heterocycles. The van der Waals surface area contributed by atoms with E-state index in [1.807, 2.05) is 37.7 Å². The van der Waals surface area contributed by atoms with Gasteiger partial charge >= 0.3 is 0 Å². The summed E-state index contributed by atoms with van der Waals surface area (Å²) < 4.78 is 16.1. The summed E-state index contributed by atoms with van der Waals surface area (Å²) in [4.78, 5) is 10.4. The second-order valence-corrected chi connectivity index (χ2v) is 8.20. The molecule has 5 heteroatoms. The van der Waals surface area contributed by atoms with E-state index in [0.717, 1.165) is 45.0 Å². The van der Waals surface area contributed by atoms with Crippen LogP contribution < -0.4 is 0 Å². The summed E-state index contributed by atoms with van der Waals surface area (Å²) in [5.74, 6) is 2.58. The number of thioether (sulfide) groups is 1. The van der Waals surface area contributed by atoms with Gasteiger partial charge in [-0.3, -0.25) is 9.97 Å². The Bertz CT molecular complexity index is 1210. The van der Waals surface area contributed by atoms with Crippen molar-refractivity contribution < 1.29 is 4.39 Å². The van der Waals surface area contributed by atoms with Gasteiger partial charge in [0.2, 0.25) is 0 Å². The lowest BCUT2D eigenvalue weighted by Crippen LogP contribution is -2.08. The first-order valence-corrected chi connectivity index (χ1v) is 11.4. The van der Waals surface area contributed by atoms with Gasteiger partial charge in [0.05, 0.1) is 22.5 Å². The number of terminal acetylenes is 1. The van der Waals surface area contributed by atoms with Crippen LogP contribution in [-0.4, -0.2) is 20.8 Å². The van der Waals surface area contributed by atoms with E-state index in [2.05, 4.69) is 46.9 Å². The van der Waals surface area contributed by atoms with Gasteiger partial charge in [0.15, 0.2) is 0 Å². The molecule has 3 rings (SSSR count). The molecule has 158 valence electrons. The molecule has 0 aromatic carbocycles. The maximum absolute atomic E-state index is 14.0. The third kappa shape index (κ3) is 4.50. The van der Waals surface area contributed by atoms with Gasteiger partial charge in [-0.1, -0.05) is 26.3 Å². The van der Waals surface area contributed by atoms with Gasteiger partial charge < -0.3 is 4.57 Å². The predicted octanol–water partition coefficient (Wildman–Crippen LogP) is 7.04. The van der Waals surface area contributed by atoms with Crippen molar-refractivity contribution in [2.75, 3.05) is 6.26 Å². The van der Waals surface area contributed by atoms with E-state index < -0.39 is 5.83 Å². The van der Waals surface area contributed by atoms with Crippen LogP contribution in [0.4, 0.5) is 4.39 Å². The maximum Gasteiger partial charge on any atom is 0.122 e. The Morgan fingerprint density at radius 1 is 1.32 bits per heavy atom. The molecule has 0 aliphatic carbocycles.